The largest absolute Gasteiger partial charge is 0.315 e. The number of aryl methyl sites for hydroxylation is 1. The van der Waals surface area contributed by atoms with Crippen molar-refractivity contribution in [2.24, 2.45) is 5.10 Å². The Bertz CT molecular complexity index is 541. The first-order valence-corrected chi connectivity index (χ1v) is 5.49. The minimum atomic E-state index is 0.574. The number of para-hydroxylation sites is 1. The van der Waals surface area contributed by atoms with Crippen molar-refractivity contribution in [2.45, 2.75) is 13.5 Å². The topological polar surface area (TPSA) is 46.4 Å². The van der Waals surface area contributed by atoms with Crippen LogP contribution in [0.15, 0.2) is 29.4 Å². The third-order valence-corrected chi connectivity index (χ3v) is 3.18. The molecule has 1 amide bonds. The maximum absolute atomic E-state index is 10.2. The van der Waals surface area contributed by atoms with E-state index in [-0.39, 0.29) is 0 Å². The zero-order chi connectivity index (χ0) is 10.7. The van der Waals surface area contributed by atoms with Gasteiger partial charge in [0.1, 0.15) is 0 Å². The molecule has 0 aliphatic heterocycles. The molecule has 15 heavy (non-hydrogen) atoms. The lowest BCUT2D eigenvalue weighted by Gasteiger charge is -1.98. The highest BCUT2D eigenvalue weighted by Gasteiger charge is 2.02. The summed E-state index contributed by atoms with van der Waals surface area (Å²) in [5.74, 6) is 0. The number of fused-ring (bicyclic) bond motifs is 1. The van der Waals surface area contributed by atoms with E-state index in [1.165, 1.54) is 4.70 Å². The minimum Gasteiger partial charge on any atom is -0.315 e. The number of hydrogen-bond acceptors (Lipinski definition) is 3. The van der Waals surface area contributed by atoms with E-state index < -0.39 is 0 Å². The van der Waals surface area contributed by atoms with Crippen LogP contribution in [-0.2, 0) is 11.3 Å². The Morgan fingerprint density at radius 2 is 2.33 bits per heavy atom. The van der Waals surface area contributed by atoms with E-state index in [1.54, 1.807) is 11.3 Å². The molecule has 0 spiro atoms. The quantitative estimate of drug-likeness (QED) is 0.616. The normalized spacial score (nSPS) is 11.9. The van der Waals surface area contributed by atoms with Crippen molar-refractivity contribution in [1.29, 1.82) is 0 Å². The van der Waals surface area contributed by atoms with Crippen molar-refractivity contribution in [2.75, 3.05) is 0 Å². The molecule has 1 N–H and O–H groups in total. The first-order valence-electron chi connectivity index (χ1n) is 4.68. The van der Waals surface area contributed by atoms with Gasteiger partial charge < -0.3 is 4.57 Å². The van der Waals surface area contributed by atoms with Crippen molar-refractivity contribution in [3.8, 4) is 0 Å². The van der Waals surface area contributed by atoms with Gasteiger partial charge in [0.25, 0.3) is 0 Å². The lowest BCUT2D eigenvalue weighted by Crippen LogP contribution is -2.18. The van der Waals surface area contributed by atoms with Crippen LogP contribution in [0.2, 0.25) is 0 Å². The SMILES string of the molecule is CCn1/c(=N\NC=O)sc2ccccc21. The average Bonchev–Trinajstić information content (AvgIpc) is 2.63. The predicted octanol–water partition coefficient (Wildman–Crippen LogP) is 1.28. The number of thiazole rings is 1. The smallest absolute Gasteiger partial charge is 0.227 e. The second-order valence-corrected chi connectivity index (χ2v) is 3.96. The van der Waals surface area contributed by atoms with Gasteiger partial charge in [-0.05, 0) is 19.1 Å². The highest BCUT2D eigenvalue weighted by atomic mass is 32.1. The number of aromatic nitrogens is 1. The van der Waals surface area contributed by atoms with Crippen LogP contribution in [0, 0.1) is 0 Å². The van der Waals surface area contributed by atoms with Crippen LogP contribution in [0.5, 0.6) is 0 Å². The fraction of sp³-hybridized carbons (Fsp3) is 0.200. The molecule has 0 saturated carbocycles. The lowest BCUT2D eigenvalue weighted by atomic mass is 10.3. The van der Waals surface area contributed by atoms with Gasteiger partial charge in [-0.15, -0.1) is 5.10 Å². The fourth-order valence-corrected chi connectivity index (χ4v) is 2.56. The van der Waals surface area contributed by atoms with E-state index in [0.29, 0.717) is 6.41 Å². The maximum Gasteiger partial charge on any atom is 0.227 e. The van der Waals surface area contributed by atoms with E-state index in [1.807, 2.05) is 18.2 Å². The number of amides is 1. The number of hydrogen-bond donors (Lipinski definition) is 1. The van der Waals surface area contributed by atoms with Gasteiger partial charge in [-0.2, -0.15) is 0 Å². The molecular weight excluding hydrogens is 210 g/mol. The molecular formula is C10H11N3OS. The van der Waals surface area contributed by atoms with Crippen molar-refractivity contribution in [3.05, 3.63) is 29.1 Å². The molecule has 0 saturated heterocycles. The second-order valence-electron chi connectivity index (χ2n) is 2.96. The molecule has 0 atom stereocenters. The van der Waals surface area contributed by atoms with Crippen LogP contribution in [0.3, 0.4) is 0 Å². The Hall–Kier alpha value is -1.62. The molecule has 1 aromatic carbocycles. The monoisotopic (exact) mass is 221 g/mol. The Morgan fingerprint density at radius 1 is 1.53 bits per heavy atom. The first-order chi connectivity index (χ1) is 7.36. The number of carbonyl (C=O) groups excluding carboxylic acids is 1. The van der Waals surface area contributed by atoms with Gasteiger partial charge in [0.15, 0.2) is 0 Å². The number of nitrogens with zero attached hydrogens (tertiary/aromatic N) is 2. The van der Waals surface area contributed by atoms with Crippen molar-refractivity contribution in [1.82, 2.24) is 9.99 Å². The van der Waals surface area contributed by atoms with Gasteiger partial charge in [0.2, 0.25) is 11.2 Å². The molecule has 4 nitrogen and oxygen atoms in total. The predicted molar refractivity (Wildman–Crippen MR) is 60.3 cm³/mol. The van der Waals surface area contributed by atoms with Crippen LogP contribution in [-0.4, -0.2) is 11.0 Å². The maximum atomic E-state index is 10.2. The summed E-state index contributed by atoms with van der Waals surface area (Å²) in [5, 5.41) is 4.00. The molecule has 0 radical (unpaired) electrons. The molecule has 5 heteroatoms. The zero-order valence-corrected chi connectivity index (χ0v) is 9.12. The van der Waals surface area contributed by atoms with Crippen LogP contribution in [0.25, 0.3) is 10.2 Å². The lowest BCUT2D eigenvalue weighted by molar-refractivity contribution is -0.109. The molecule has 1 aromatic heterocycles. The van der Waals surface area contributed by atoms with Gasteiger partial charge in [-0.25, -0.2) is 5.43 Å². The van der Waals surface area contributed by atoms with Gasteiger partial charge in [-0.1, -0.05) is 23.5 Å². The Labute approximate surface area is 90.9 Å². The van der Waals surface area contributed by atoms with Gasteiger partial charge in [0.05, 0.1) is 10.2 Å². The molecule has 2 rings (SSSR count). The number of benzene rings is 1. The van der Waals surface area contributed by atoms with Crippen LogP contribution in [0.4, 0.5) is 0 Å². The van der Waals surface area contributed by atoms with Crippen molar-refractivity contribution < 1.29 is 4.79 Å². The molecule has 78 valence electrons. The molecule has 2 aromatic rings. The standard InChI is InChI=1S/C10H11N3OS/c1-2-13-8-5-3-4-6-9(8)15-10(13)12-11-7-14/h3-7H,2H2,1H3,(H,11,14)/b12-10+. The Kier molecular flexibility index (Phi) is 2.82. The van der Waals surface area contributed by atoms with E-state index >= 15 is 0 Å². The fourth-order valence-electron chi connectivity index (χ4n) is 1.49. The van der Waals surface area contributed by atoms with E-state index in [9.17, 15) is 4.79 Å². The van der Waals surface area contributed by atoms with E-state index in [2.05, 4.69) is 28.1 Å². The third-order valence-electron chi connectivity index (χ3n) is 2.12. The molecule has 0 unspecified atom stereocenters. The van der Waals surface area contributed by atoms with Crippen LogP contribution in [0.1, 0.15) is 6.92 Å². The molecule has 0 aliphatic carbocycles. The van der Waals surface area contributed by atoms with Gasteiger partial charge >= 0.3 is 0 Å². The number of nitrogens with one attached hydrogen (secondary N) is 1. The van der Waals surface area contributed by atoms with Gasteiger partial charge in [0, 0.05) is 6.54 Å². The Balaban J connectivity index is 2.69. The Morgan fingerprint density at radius 3 is 3.07 bits per heavy atom. The second kappa shape index (κ2) is 4.27. The van der Waals surface area contributed by atoms with Crippen molar-refractivity contribution >= 4 is 28.0 Å². The average molecular weight is 221 g/mol. The highest BCUT2D eigenvalue weighted by Crippen LogP contribution is 2.15. The van der Waals surface area contributed by atoms with Crippen LogP contribution < -0.4 is 10.2 Å². The summed E-state index contributed by atoms with van der Waals surface area (Å²) in [6, 6.07) is 8.09. The highest BCUT2D eigenvalue weighted by molar-refractivity contribution is 7.16. The molecule has 1 heterocycles. The third kappa shape index (κ3) is 1.78. The molecule has 0 aliphatic rings. The van der Waals surface area contributed by atoms with E-state index in [4.69, 9.17) is 0 Å². The summed E-state index contributed by atoms with van der Waals surface area (Å²) < 4.78 is 3.24. The summed E-state index contributed by atoms with van der Waals surface area (Å²) in [6.45, 7) is 2.89. The summed E-state index contributed by atoms with van der Waals surface area (Å²) in [6.07, 6.45) is 0.574. The number of carbonyl (C=O) groups is 1. The summed E-state index contributed by atoms with van der Waals surface area (Å²) in [4.78, 5) is 11.0. The summed E-state index contributed by atoms with van der Waals surface area (Å²) in [7, 11) is 0. The van der Waals surface area contributed by atoms with Crippen LogP contribution >= 0.6 is 11.3 Å². The van der Waals surface area contributed by atoms with Crippen molar-refractivity contribution in [3.63, 3.8) is 0 Å². The molecule has 0 bridgehead atoms. The van der Waals surface area contributed by atoms with Gasteiger partial charge in [-0.3, -0.25) is 4.79 Å². The van der Waals surface area contributed by atoms with E-state index in [0.717, 1.165) is 16.9 Å². The summed E-state index contributed by atoms with van der Waals surface area (Å²) >= 11 is 1.56. The number of rotatable bonds is 3. The molecule has 0 fully saturated rings. The first kappa shape index (κ1) is 9.92. The summed E-state index contributed by atoms with van der Waals surface area (Å²) in [5.41, 5.74) is 3.48. The minimum absolute atomic E-state index is 0.574. The zero-order valence-electron chi connectivity index (χ0n) is 8.30.